The molecule has 0 aromatic carbocycles. The summed E-state index contributed by atoms with van der Waals surface area (Å²) in [6, 6.07) is 0.0369. The van der Waals surface area contributed by atoms with Gasteiger partial charge in [0.25, 0.3) is 0 Å². The first-order chi connectivity index (χ1) is 11.5. The molecule has 8 heteroatoms. The number of hydrogen-bond acceptors (Lipinski definition) is 7. The average molecular weight is 329 g/mol. The van der Waals surface area contributed by atoms with Crippen LogP contribution in [0.15, 0.2) is 36.5 Å². The quantitative estimate of drug-likeness (QED) is 0.663. The summed E-state index contributed by atoms with van der Waals surface area (Å²) in [4.78, 5) is 24.2. The molecule has 0 aliphatic rings. The van der Waals surface area contributed by atoms with Crippen LogP contribution in [0.25, 0.3) is 11.2 Å². The molecule has 2 aromatic heterocycles. The lowest BCUT2D eigenvalue weighted by molar-refractivity contribution is 0.116. The summed E-state index contributed by atoms with van der Waals surface area (Å²) in [6.45, 7) is 7.65. The van der Waals surface area contributed by atoms with Crippen molar-refractivity contribution in [1.29, 1.82) is 0 Å². The highest BCUT2D eigenvalue weighted by Crippen LogP contribution is 2.25. The van der Waals surface area contributed by atoms with Gasteiger partial charge in [-0.3, -0.25) is 4.57 Å². The first kappa shape index (κ1) is 17.2. The average Bonchev–Trinajstić information content (AvgIpc) is 2.89. The van der Waals surface area contributed by atoms with Gasteiger partial charge in [0.2, 0.25) is 0 Å². The minimum Gasteiger partial charge on any atom is -0.437 e. The summed E-state index contributed by atoms with van der Waals surface area (Å²) in [5, 5.41) is 0. The summed E-state index contributed by atoms with van der Waals surface area (Å²) in [5.74, 6) is 0.712. The second-order valence-electron chi connectivity index (χ2n) is 4.82. The Hall–Kier alpha value is -3.16. The minimum atomic E-state index is -0.876. The number of rotatable bonds is 5. The molecule has 0 amide bonds. The number of methoxy groups -OCH3 is 1. The Morgan fingerprint density at radius 3 is 2.75 bits per heavy atom. The van der Waals surface area contributed by atoms with E-state index in [4.69, 9.17) is 10.5 Å². The van der Waals surface area contributed by atoms with Gasteiger partial charge >= 0.3 is 12.2 Å². The lowest BCUT2D eigenvalue weighted by Crippen LogP contribution is -2.13. The van der Waals surface area contributed by atoms with Gasteiger partial charge in [-0.05, 0) is 19.4 Å². The number of anilines is 1. The van der Waals surface area contributed by atoms with Crippen LogP contribution in [-0.2, 0) is 11.3 Å². The third-order valence-corrected chi connectivity index (χ3v) is 3.20. The van der Waals surface area contributed by atoms with Crippen molar-refractivity contribution in [2.24, 2.45) is 0 Å². The van der Waals surface area contributed by atoms with Gasteiger partial charge in [-0.25, -0.2) is 14.8 Å². The first-order valence-corrected chi connectivity index (χ1v) is 7.20. The van der Waals surface area contributed by atoms with Crippen molar-refractivity contribution in [1.82, 2.24) is 19.5 Å². The van der Waals surface area contributed by atoms with Crippen LogP contribution in [0.1, 0.15) is 12.7 Å². The number of fused-ring (bicyclic) bond motifs is 1. The fraction of sp³-hybridized carbons (Fsp3) is 0.250. The molecule has 126 valence electrons. The molecule has 0 bridgehead atoms. The molecule has 2 aromatic rings. The lowest BCUT2D eigenvalue weighted by Gasteiger charge is -2.09. The summed E-state index contributed by atoms with van der Waals surface area (Å²) < 4.78 is 11.3. The Balaban J connectivity index is 2.58. The van der Waals surface area contributed by atoms with E-state index in [1.807, 2.05) is 25.2 Å². The molecule has 0 radical (unpaired) electrons. The Bertz CT molecular complexity index is 836. The number of hydrogen-bond donors (Lipinski definition) is 1. The van der Waals surface area contributed by atoms with Crippen molar-refractivity contribution < 1.29 is 14.3 Å². The molecule has 0 saturated carbocycles. The van der Waals surface area contributed by atoms with E-state index in [-0.39, 0.29) is 11.8 Å². The van der Waals surface area contributed by atoms with Crippen LogP contribution >= 0.6 is 0 Å². The number of ether oxygens (including phenoxy) is 2. The van der Waals surface area contributed by atoms with Gasteiger partial charge in [0, 0.05) is 0 Å². The molecule has 2 heterocycles. The first-order valence-electron chi connectivity index (χ1n) is 7.20. The van der Waals surface area contributed by atoms with Crippen LogP contribution in [0, 0.1) is 6.92 Å². The predicted molar refractivity (Wildman–Crippen MR) is 90.6 cm³/mol. The SMILES string of the molecule is C=C/C=C\C(=C/C)Cn1c(OC(=O)OC)nc2c(N)nc(C)nc21. The van der Waals surface area contributed by atoms with Gasteiger partial charge in [-0.2, -0.15) is 4.98 Å². The highest BCUT2D eigenvalue weighted by molar-refractivity contribution is 5.83. The standard InChI is InChI=1S/C16H19N5O3/c1-5-7-8-11(6-2)9-21-14-12(13(17)18-10(3)19-14)20-15(21)24-16(22)23-4/h5-8H,1,9H2,2-4H3,(H2,17,18,19)/b8-7-,11-6+. The fourth-order valence-electron chi connectivity index (χ4n) is 2.07. The van der Waals surface area contributed by atoms with Crippen molar-refractivity contribution in [2.75, 3.05) is 12.8 Å². The van der Waals surface area contributed by atoms with E-state index < -0.39 is 6.16 Å². The molecular weight excluding hydrogens is 310 g/mol. The topological polar surface area (TPSA) is 105 Å². The Kier molecular flexibility index (Phi) is 5.31. The van der Waals surface area contributed by atoms with Crippen LogP contribution in [0.3, 0.4) is 0 Å². The van der Waals surface area contributed by atoms with Gasteiger partial charge in [0.15, 0.2) is 17.0 Å². The molecule has 0 fully saturated rings. The lowest BCUT2D eigenvalue weighted by atomic mass is 10.2. The summed E-state index contributed by atoms with van der Waals surface area (Å²) >= 11 is 0. The predicted octanol–water partition coefficient (Wildman–Crippen LogP) is 2.55. The van der Waals surface area contributed by atoms with E-state index in [0.717, 1.165) is 5.57 Å². The Labute approximate surface area is 139 Å². The summed E-state index contributed by atoms with van der Waals surface area (Å²) in [7, 11) is 1.22. The molecule has 0 spiro atoms. The smallest absolute Gasteiger partial charge is 0.437 e. The van der Waals surface area contributed by atoms with E-state index in [0.29, 0.717) is 23.5 Å². The van der Waals surface area contributed by atoms with E-state index in [9.17, 15) is 4.79 Å². The van der Waals surface area contributed by atoms with Gasteiger partial charge < -0.3 is 15.2 Å². The molecule has 24 heavy (non-hydrogen) atoms. The monoisotopic (exact) mass is 329 g/mol. The number of nitrogens with two attached hydrogens (primary N) is 1. The van der Waals surface area contributed by atoms with Crippen molar-refractivity contribution >= 4 is 23.1 Å². The normalized spacial score (nSPS) is 11.9. The molecule has 2 N–H and O–H groups in total. The zero-order valence-electron chi connectivity index (χ0n) is 13.8. The van der Waals surface area contributed by atoms with Crippen molar-refractivity contribution in [3.8, 4) is 6.01 Å². The minimum absolute atomic E-state index is 0.0369. The number of nitrogen functional groups attached to an aromatic ring is 1. The Morgan fingerprint density at radius 1 is 1.38 bits per heavy atom. The van der Waals surface area contributed by atoms with Gasteiger partial charge in [-0.1, -0.05) is 30.9 Å². The van der Waals surface area contributed by atoms with Gasteiger partial charge in [0.1, 0.15) is 5.82 Å². The zero-order valence-corrected chi connectivity index (χ0v) is 13.8. The maximum absolute atomic E-state index is 11.5. The van der Waals surface area contributed by atoms with E-state index in [2.05, 4.69) is 26.3 Å². The van der Waals surface area contributed by atoms with Crippen LogP contribution in [0.2, 0.25) is 0 Å². The third kappa shape index (κ3) is 3.60. The van der Waals surface area contributed by atoms with Crippen molar-refractivity contribution in [3.05, 3.63) is 42.3 Å². The van der Waals surface area contributed by atoms with E-state index in [1.165, 1.54) is 7.11 Å². The van der Waals surface area contributed by atoms with E-state index >= 15 is 0 Å². The molecular formula is C16H19N5O3. The molecule has 0 unspecified atom stereocenters. The van der Waals surface area contributed by atoms with Gasteiger partial charge in [-0.15, -0.1) is 0 Å². The van der Waals surface area contributed by atoms with E-state index in [1.54, 1.807) is 17.6 Å². The van der Waals surface area contributed by atoms with Crippen LogP contribution in [-0.4, -0.2) is 32.8 Å². The highest BCUT2D eigenvalue weighted by atomic mass is 16.7. The number of allylic oxidation sites excluding steroid dienone is 5. The number of nitrogens with zero attached hydrogens (tertiary/aromatic N) is 4. The molecule has 8 nitrogen and oxygen atoms in total. The van der Waals surface area contributed by atoms with Crippen molar-refractivity contribution in [2.45, 2.75) is 20.4 Å². The molecule has 2 rings (SSSR count). The molecule has 0 aliphatic carbocycles. The molecule has 0 atom stereocenters. The summed E-state index contributed by atoms with van der Waals surface area (Å²) in [6.07, 6.45) is 6.41. The van der Waals surface area contributed by atoms with Crippen LogP contribution < -0.4 is 10.5 Å². The summed E-state index contributed by atoms with van der Waals surface area (Å²) in [5.41, 5.74) is 7.69. The van der Waals surface area contributed by atoms with Crippen molar-refractivity contribution in [3.63, 3.8) is 0 Å². The van der Waals surface area contributed by atoms with Gasteiger partial charge in [0.05, 0.1) is 13.7 Å². The molecule has 0 saturated heterocycles. The second kappa shape index (κ2) is 7.40. The highest BCUT2D eigenvalue weighted by Gasteiger charge is 2.20. The maximum atomic E-state index is 11.5. The number of carbonyl (C=O) groups is 1. The second-order valence-corrected chi connectivity index (χ2v) is 4.82. The zero-order chi connectivity index (χ0) is 17.7. The van der Waals surface area contributed by atoms with Crippen LogP contribution in [0.5, 0.6) is 6.01 Å². The number of aromatic nitrogens is 4. The largest absolute Gasteiger partial charge is 0.516 e. The Morgan fingerprint density at radius 2 is 2.12 bits per heavy atom. The maximum Gasteiger partial charge on any atom is 0.516 e. The number of aryl methyl sites for hydroxylation is 1. The number of carbonyl (C=O) groups excluding carboxylic acids is 1. The molecule has 0 aliphatic heterocycles. The van der Waals surface area contributed by atoms with Crippen LogP contribution in [0.4, 0.5) is 10.6 Å². The third-order valence-electron chi connectivity index (χ3n) is 3.20. The fourth-order valence-corrected chi connectivity index (χ4v) is 2.07. The number of imidazole rings is 1.